The molecule has 0 saturated heterocycles. The van der Waals surface area contributed by atoms with Gasteiger partial charge < -0.3 is 10.3 Å². The maximum Gasteiger partial charge on any atom is 0.243 e. The Bertz CT molecular complexity index is 560. The first-order valence-electron chi connectivity index (χ1n) is 6.61. The van der Waals surface area contributed by atoms with E-state index in [0.717, 1.165) is 0 Å². The first-order chi connectivity index (χ1) is 8.97. The monoisotopic (exact) mass is 259 g/mol. The molecule has 0 saturated carbocycles. The summed E-state index contributed by atoms with van der Waals surface area (Å²) in [5.41, 5.74) is 9.75. The highest BCUT2D eigenvalue weighted by atomic mass is 16.5. The lowest BCUT2D eigenvalue weighted by molar-refractivity contribution is 0.322. The summed E-state index contributed by atoms with van der Waals surface area (Å²) in [4.78, 5) is 4.38. The third-order valence-corrected chi connectivity index (χ3v) is 3.42. The van der Waals surface area contributed by atoms with E-state index in [1.54, 1.807) is 0 Å². The van der Waals surface area contributed by atoms with Gasteiger partial charge in [0.1, 0.15) is 0 Å². The summed E-state index contributed by atoms with van der Waals surface area (Å²) in [6.07, 6.45) is 0.676. The predicted molar refractivity (Wildman–Crippen MR) is 74.8 cm³/mol. The number of aromatic nitrogens is 2. The van der Waals surface area contributed by atoms with Gasteiger partial charge in [-0.25, -0.2) is 0 Å². The number of hydrogen-bond donors (Lipinski definition) is 1. The van der Waals surface area contributed by atoms with Crippen LogP contribution < -0.4 is 5.73 Å². The van der Waals surface area contributed by atoms with Gasteiger partial charge in [-0.05, 0) is 36.5 Å². The third-order valence-electron chi connectivity index (χ3n) is 3.42. The SMILES string of the molecule is Cc1ccc(Cc2noc(C(N)C(C)C)n2)cc1C. The molecule has 102 valence electrons. The van der Waals surface area contributed by atoms with Crippen molar-refractivity contribution in [3.63, 3.8) is 0 Å². The molecule has 0 spiro atoms. The normalized spacial score (nSPS) is 12.9. The van der Waals surface area contributed by atoms with E-state index in [1.165, 1.54) is 16.7 Å². The van der Waals surface area contributed by atoms with E-state index < -0.39 is 0 Å². The smallest absolute Gasteiger partial charge is 0.243 e. The van der Waals surface area contributed by atoms with E-state index in [9.17, 15) is 0 Å². The molecule has 1 unspecified atom stereocenters. The van der Waals surface area contributed by atoms with E-state index in [4.69, 9.17) is 10.3 Å². The summed E-state index contributed by atoms with van der Waals surface area (Å²) in [7, 11) is 0. The molecule has 0 aliphatic carbocycles. The van der Waals surface area contributed by atoms with E-state index in [1.807, 2.05) is 13.8 Å². The van der Waals surface area contributed by atoms with Gasteiger partial charge in [0.25, 0.3) is 0 Å². The number of hydrogen-bond acceptors (Lipinski definition) is 4. The zero-order valence-electron chi connectivity index (χ0n) is 12.0. The Morgan fingerprint density at radius 1 is 1.21 bits per heavy atom. The second kappa shape index (κ2) is 5.53. The topological polar surface area (TPSA) is 64.9 Å². The molecule has 19 heavy (non-hydrogen) atoms. The van der Waals surface area contributed by atoms with Crippen molar-refractivity contribution in [1.82, 2.24) is 10.1 Å². The number of benzene rings is 1. The van der Waals surface area contributed by atoms with Crippen LogP contribution in [0.2, 0.25) is 0 Å². The molecule has 0 fully saturated rings. The Balaban J connectivity index is 2.13. The van der Waals surface area contributed by atoms with Gasteiger partial charge in [-0.3, -0.25) is 0 Å². The molecule has 4 nitrogen and oxygen atoms in total. The second-order valence-corrected chi connectivity index (χ2v) is 5.41. The maximum atomic E-state index is 5.99. The fourth-order valence-electron chi connectivity index (χ4n) is 1.86. The van der Waals surface area contributed by atoms with Crippen LogP contribution in [-0.2, 0) is 6.42 Å². The Kier molecular flexibility index (Phi) is 4.00. The number of nitrogens with zero attached hydrogens (tertiary/aromatic N) is 2. The average Bonchev–Trinajstić information content (AvgIpc) is 2.81. The van der Waals surface area contributed by atoms with Crippen molar-refractivity contribution in [3.8, 4) is 0 Å². The minimum Gasteiger partial charge on any atom is -0.338 e. The minimum absolute atomic E-state index is 0.194. The van der Waals surface area contributed by atoms with Gasteiger partial charge in [0.15, 0.2) is 5.82 Å². The van der Waals surface area contributed by atoms with Crippen molar-refractivity contribution in [2.24, 2.45) is 11.7 Å². The summed E-state index contributed by atoms with van der Waals surface area (Å²) >= 11 is 0. The zero-order chi connectivity index (χ0) is 14.0. The second-order valence-electron chi connectivity index (χ2n) is 5.41. The lowest BCUT2D eigenvalue weighted by Crippen LogP contribution is -2.17. The molecule has 0 bridgehead atoms. The van der Waals surface area contributed by atoms with Crippen LogP contribution in [0.4, 0.5) is 0 Å². The zero-order valence-corrected chi connectivity index (χ0v) is 12.0. The third kappa shape index (κ3) is 3.20. The summed E-state index contributed by atoms with van der Waals surface area (Å²) < 4.78 is 5.23. The van der Waals surface area contributed by atoms with Crippen LogP contribution in [0.5, 0.6) is 0 Å². The molecule has 0 aliphatic rings. The van der Waals surface area contributed by atoms with Gasteiger partial charge in [-0.2, -0.15) is 4.98 Å². The van der Waals surface area contributed by atoms with Crippen LogP contribution in [0.15, 0.2) is 22.7 Å². The van der Waals surface area contributed by atoms with Gasteiger partial charge in [-0.1, -0.05) is 37.2 Å². The van der Waals surface area contributed by atoms with E-state index in [0.29, 0.717) is 18.1 Å². The average molecular weight is 259 g/mol. The molecule has 0 amide bonds. The van der Waals surface area contributed by atoms with Crippen LogP contribution in [-0.4, -0.2) is 10.1 Å². The summed E-state index contributed by atoms with van der Waals surface area (Å²) in [6, 6.07) is 6.18. The van der Waals surface area contributed by atoms with Crippen molar-refractivity contribution in [3.05, 3.63) is 46.6 Å². The molecule has 1 atom stereocenters. The van der Waals surface area contributed by atoms with E-state index in [2.05, 4.69) is 42.2 Å². The highest BCUT2D eigenvalue weighted by Crippen LogP contribution is 2.18. The fourth-order valence-corrected chi connectivity index (χ4v) is 1.86. The Morgan fingerprint density at radius 2 is 1.95 bits per heavy atom. The molecule has 1 aromatic heterocycles. The largest absolute Gasteiger partial charge is 0.338 e. The predicted octanol–water partition coefficient (Wildman–Crippen LogP) is 2.93. The number of rotatable bonds is 4. The highest BCUT2D eigenvalue weighted by Gasteiger charge is 2.18. The summed E-state index contributed by atoms with van der Waals surface area (Å²) in [6.45, 7) is 8.29. The van der Waals surface area contributed by atoms with Gasteiger partial charge >= 0.3 is 0 Å². The molecule has 1 aromatic carbocycles. The van der Waals surface area contributed by atoms with Crippen molar-refractivity contribution in [2.75, 3.05) is 0 Å². The van der Waals surface area contributed by atoms with Crippen LogP contribution in [0.1, 0.15) is 48.3 Å². The van der Waals surface area contributed by atoms with Crippen molar-refractivity contribution in [1.29, 1.82) is 0 Å². The summed E-state index contributed by atoms with van der Waals surface area (Å²) in [5, 5.41) is 4.00. The minimum atomic E-state index is -0.194. The Labute approximate surface area is 114 Å². The highest BCUT2D eigenvalue weighted by molar-refractivity contribution is 5.31. The molecule has 2 N–H and O–H groups in total. The number of nitrogens with two attached hydrogens (primary N) is 1. The van der Waals surface area contributed by atoms with E-state index >= 15 is 0 Å². The van der Waals surface area contributed by atoms with Crippen LogP contribution in [0, 0.1) is 19.8 Å². The van der Waals surface area contributed by atoms with E-state index in [-0.39, 0.29) is 12.0 Å². The van der Waals surface area contributed by atoms with Crippen molar-refractivity contribution in [2.45, 2.75) is 40.2 Å². The molecule has 0 radical (unpaired) electrons. The molecule has 4 heteroatoms. The van der Waals surface area contributed by atoms with Gasteiger partial charge in [-0.15, -0.1) is 0 Å². The van der Waals surface area contributed by atoms with Crippen LogP contribution >= 0.6 is 0 Å². The van der Waals surface area contributed by atoms with Crippen LogP contribution in [0.3, 0.4) is 0 Å². The Morgan fingerprint density at radius 3 is 2.58 bits per heavy atom. The standard InChI is InChI=1S/C15H21N3O/c1-9(2)14(16)15-17-13(18-19-15)8-12-6-5-10(3)11(4)7-12/h5-7,9,14H,8,16H2,1-4H3. The Hall–Kier alpha value is -1.68. The van der Waals surface area contributed by atoms with Crippen LogP contribution in [0.25, 0.3) is 0 Å². The first kappa shape index (κ1) is 13.7. The van der Waals surface area contributed by atoms with Gasteiger partial charge in [0.05, 0.1) is 6.04 Å². The fraction of sp³-hybridized carbons (Fsp3) is 0.467. The lowest BCUT2D eigenvalue weighted by Gasteiger charge is -2.09. The lowest BCUT2D eigenvalue weighted by atomic mass is 10.0. The molecule has 2 rings (SSSR count). The quantitative estimate of drug-likeness (QED) is 0.916. The van der Waals surface area contributed by atoms with Crippen molar-refractivity contribution >= 4 is 0 Å². The van der Waals surface area contributed by atoms with Gasteiger partial charge in [0, 0.05) is 6.42 Å². The molecule has 1 heterocycles. The molecular weight excluding hydrogens is 238 g/mol. The molecule has 2 aromatic rings. The van der Waals surface area contributed by atoms with Gasteiger partial charge in [0.2, 0.25) is 5.89 Å². The number of aryl methyl sites for hydroxylation is 2. The molecular formula is C15H21N3O. The molecule has 0 aliphatic heterocycles. The van der Waals surface area contributed by atoms with Crippen molar-refractivity contribution < 1.29 is 4.52 Å². The summed E-state index contributed by atoms with van der Waals surface area (Å²) in [5.74, 6) is 1.50. The first-order valence-corrected chi connectivity index (χ1v) is 6.61. The maximum absolute atomic E-state index is 5.99.